The number of nitrogens with one attached hydrogen (secondary N) is 1. The third-order valence-electron chi connectivity index (χ3n) is 3.18. The molecule has 0 spiro atoms. The van der Waals surface area contributed by atoms with Gasteiger partial charge in [-0.25, -0.2) is 0 Å². The molecule has 0 aliphatic carbocycles. The zero-order chi connectivity index (χ0) is 16.8. The Hall–Kier alpha value is -2.86. The van der Waals surface area contributed by atoms with Crippen molar-refractivity contribution in [1.82, 2.24) is 10.2 Å². The molecule has 2 rings (SSSR count). The molecule has 23 heavy (non-hydrogen) atoms. The minimum absolute atomic E-state index is 0.0374. The van der Waals surface area contributed by atoms with Gasteiger partial charge in [-0.05, 0) is 30.4 Å². The largest absolute Gasteiger partial charge is 0.299 e. The smallest absolute Gasteiger partial charge is 0.260 e. The lowest BCUT2D eigenvalue weighted by atomic mass is 10.1. The molecule has 2 amide bonds. The molecule has 5 nitrogen and oxygen atoms in total. The first kappa shape index (κ1) is 16.5. The normalized spacial score (nSPS) is 9.78. The molecule has 0 aromatic heterocycles. The number of rotatable bonds is 3. The Labute approximate surface area is 138 Å². The van der Waals surface area contributed by atoms with Crippen LogP contribution in [-0.4, -0.2) is 35.2 Å². The highest BCUT2D eigenvalue weighted by atomic mass is 32.1. The van der Waals surface area contributed by atoms with E-state index in [1.54, 1.807) is 48.5 Å². The van der Waals surface area contributed by atoms with Gasteiger partial charge in [-0.15, -0.1) is 0 Å². The zero-order valence-electron chi connectivity index (χ0n) is 12.4. The minimum atomic E-state index is -0.467. The quantitative estimate of drug-likeness (QED) is 0.694. The van der Waals surface area contributed by atoms with E-state index in [-0.39, 0.29) is 16.2 Å². The van der Waals surface area contributed by atoms with Gasteiger partial charge in [-0.1, -0.05) is 36.4 Å². The molecule has 0 bridgehead atoms. The van der Waals surface area contributed by atoms with Crippen LogP contribution in [0.1, 0.15) is 31.1 Å². The maximum Gasteiger partial charge on any atom is 0.260 e. The lowest BCUT2D eigenvalue weighted by Crippen LogP contribution is -2.43. The molecule has 0 saturated heterocycles. The molecule has 0 saturated carbocycles. The number of benzene rings is 2. The molecule has 2 aromatic rings. The van der Waals surface area contributed by atoms with Gasteiger partial charge < -0.3 is 0 Å². The summed E-state index contributed by atoms with van der Waals surface area (Å²) in [5.74, 6) is -0.870. The Morgan fingerprint density at radius 1 is 1.04 bits per heavy atom. The first-order chi connectivity index (χ1) is 11.0. The van der Waals surface area contributed by atoms with Crippen LogP contribution in [0.15, 0.2) is 54.6 Å². The number of nitrogens with zero attached hydrogens (tertiary/aromatic N) is 1. The second-order valence-electron chi connectivity index (χ2n) is 4.69. The number of carbonyl (C=O) groups is 3. The van der Waals surface area contributed by atoms with E-state index < -0.39 is 11.8 Å². The Balaban J connectivity index is 2.12. The van der Waals surface area contributed by atoms with Gasteiger partial charge in [0.05, 0.1) is 5.56 Å². The van der Waals surface area contributed by atoms with Gasteiger partial charge in [0, 0.05) is 18.2 Å². The van der Waals surface area contributed by atoms with Crippen LogP contribution in [0.25, 0.3) is 0 Å². The van der Waals surface area contributed by atoms with E-state index in [4.69, 9.17) is 12.2 Å². The summed E-state index contributed by atoms with van der Waals surface area (Å²) in [5, 5.41) is 2.46. The summed E-state index contributed by atoms with van der Waals surface area (Å²) in [5.41, 5.74) is 0.923. The summed E-state index contributed by atoms with van der Waals surface area (Å²) in [6.45, 7) is 0. The van der Waals surface area contributed by atoms with Crippen LogP contribution < -0.4 is 5.32 Å². The summed E-state index contributed by atoms with van der Waals surface area (Å²) in [6.07, 6.45) is 0.604. The topological polar surface area (TPSA) is 66.5 Å². The van der Waals surface area contributed by atoms with Crippen molar-refractivity contribution in [1.29, 1.82) is 0 Å². The summed E-state index contributed by atoms with van der Waals surface area (Å²) in [6, 6.07) is 14.9. The number of hydrogen-bond donors (Lipinski definition) is 1. The predicted molar refractivity (Wildman–Crippen MR) is 90.4 cm³/mol. The van der Waals surface area contributed by atoms with Crippen molar-refractivity contribution in [3.63, 3.8) is 0 Å². The number of hydrogen-bond acceptors (Lipinski definition) is 4. The molecule has 0 aliphatic heterocycles. The second kappa shape index (κ2) is 7.42. The molecular weight excluding hydrogens is 312 g/mol. The van der Waals surface area contributed by atoms with Crippen molar-refractivity contribution >= 4 is 35.4 Å². The first-order valence-electron chi connectivity index (χ1n) is 6.77. The van der Waals surface area contributed by atoms with Gasteiger partial charge >= 0.3 is 0 Å². The van der Waals surface area contributed by atoms with Crippen LogP contribution in [0.5, 0.6) is 0 Å². The van der Waals surface area contributed by atoms with Gasteiger partial charge in [-0.3, -0.25) is 24.6 Å². The van der Waals surface area contributed by atoms with Crippen LogP contribution in [0.4, 0.5) is 0 Å². The van der Waals surface area contributed by atoms with Crippen LogP contribution in [0, 0.1) is 0 Å². The average Bonchev–Trinajstić information content (AvgIpc) is 2.61. The predicted octanol–water partition coefficient (Wildman–Crippen LogP) is 2.29. The van der Waals surface area contributed by atoms with Crippen molar-refractivity contribution in [3.05, 3.63) is 71.3 Å². The van der Waals surface area contributed by atoms with E-state index in [0.29, 0.717) is 11.8 Å². The highest BCUT2D eigenvalue weighted by Gasteiger charge is 2.20. The van der Waals surface area contributed by atoms with E-state index in [1.165, 1.54) is 13.1 Å². The molecule has 2 aromatic carbocycles. The molecule has 0 fully saturated rings. The Morgan fingerprint density at radius 3 is 2.30 bits per heavy atom. The average molecular weight is 326 g/mol. The Morgan fingerprint density at radius 2 is 1.65 bits per heavy atom. The van der Waals surface area contributed by atoms with E-state index in [1.807, 2.05) is 0 Å². The van der Waals surface area contributed by atoms with Crippen LogP contribution in [0.3, 0.4) is 0 Å². The molecule has 0 aliphatic rings. The Bertz CT molecular complexity index is 759. The van der Waals surface area contributed by atoms with Crippen molar-refractivity contribution < 1.29 is 14.4 Å². The third-order valence-corrected chi connectivity index (χ3v) is 3.56. The highest BCUT2D eigenvalue weighted by Crippen LogP contribution is 2.09. The van der Waals surface area contributed by atoms with E-state index in [9.17, 15) is 14.4 Å². The van der Waals surface area contributed by atoms with Crippen molar-refractivity contribution in [2.75, 3.05) is 7.05 Å². The van der Waals surface area contributed by atoms with Crippen molar-refractivity contribution in [2.24, 2.45) is 0 Å². The fourth-order valence-electron chi connectivity index (χ4n) is 1.91. The number of aldehydes is 1. The van der Waals surface area contributed by atoms with E-state index in [0.717, 1.165) is 4.90 Å². The summed E-state index contributed by atoms with van der Waals surface area (Å²) in [7, 11) is 1.44. The molecular formula is C17H14N2O3S. The number of amides is 2. The fraction of sp³-hybridized carbons (Fsp3) is 0.0588. The zero-order valence-corrected chi connectivity index (χ0v) is 13.2. The van der Waals surface area contributed by atoms with E-state index >= 15 is 0 Å². The summed E-state index contributed by atoms with van der Waals surface area (Å²) in [4.78, 5) is 36.6. The molecule has 0 heterocycles. The first-order valence-corrected chi connectivity index (χ1v) is 7.18. The maximum atomic E-state index is 12.4. The molecule has 1 N–H and O–H groups in total. The van der Waals surface area contributed by atoms with Gasteiger partial charge in [0.15, 0.2) is 11.4 Å². The lowest BCUT2D eigenvalue weighted by Gasteiger charge is -2.19. The highest BCUT2D eigenvalue weighted by molar-refractivity contribution is 7.80. The summed E-state index contributed by atoms with van der Waals surface area (Å²) < 4.78 is 0. The minimum Gasteiger partial charge on any atom is -0.299 e. The molecule has 0 radical (unpaired) electrons. The van der Waals surface area contributed by atoms with Crippen LogP contribution >= 0.6 is 12.2 Å². The van der Waals surface area contributed by atoms with Gasteiger partial charge in [0.25, 0.3) is 11.8 Å². The monoisotopic (exact) mass is 326 g/mol. The Kier molecular flexibility index (Phi) is 5.32. The van der Waals surface area contributed by atoms with Gasteiger partial charge in [0.1, 0.15) is 0 Å². The molecule has 0 unspecified atom stereocenters. The summed E-state index contributed by atoms with van der Waals surface area (Å²) >= 11 is 5.09. The number of thiocarbonyl (C=S) groups is 1. The third kappa shape index (κ3) is 3.87. The van der Waals surface area contributed by atoms with Gasteiger partial charge in [0.2, 0.25) is 0 Å². The molecule has 116 valence electrons. The van der Waals surface area contributed by atoms with Crippen LogP contribution in [-0.2, 0) is 0 Å². The standard InChI is InChI=1S/C17H14N2O3S/c1-19(16(22)14-10-6-5-9-13(14)11-20)17(23)18-15(21)12-7-3-2-4-8-12/h2-11H,1H3,(H,18,21,23). The lowest BCUT2D eigenvalue weighted by molar-refractivity contribution is 0.0862. The molecule has 6 heteroatoms. The van der Waals surface area contributed by atoms with Crippen molar-refractivity contribution in [2.45, 2.75) is 0 Å². The molecule has 0 atom stereocenters. The maximum absolute atomic E-state index is 12.4. The van der Waals surface area contributed by atoms with E-state index in [2.05, 4.69) is 5.32 Å². The van der Waals surface area contributed by atoms with Crippen molar-refractivity contribution in [3.8, 4) is 0 Å². The SMILES string of the molecule is CN(C(=O)c1ccccc1C=O)C(=S)NC(=O)c1ccccc1. The second-order valence-corrected chi connectivity index (χ2v) is 5.08. The number of carbonyl (C=O) groups excluding carboxylic acids is 3. The van der Waals surface area contributed by atoms with Gasteiger partial charge in [-0.2, -0.15) is 0 Å². The fourth-order valence-corrected chi connectivity index (χ4v) is 2.09. The van der Waals surface area contributed by atoms with Crippen LogP contribution in [0.2, 0.25) is 0 Å².